The Morgan fingerprint density at radius 1 is 1.35 bits per heavy atom. The number of fused-ring (bicyclic) bond motifs is 1. The van der Waals surface area contributed by atoms with Gasteiger partial charge < -0.3 is 15.4 Å². The summed E-state index contributed by atoms with van der Waals surface area (Å²) >= 11 is 1.13. The van der Waals surface area contributed by atoms with Crippen molar-refractivity contribution in [1.29, 1.82) is 0 Å². The van der Waals surface area contributed by atoms with Gasteiger partial charge in [0.1, 0.15) is 5.39 Å². The minimum atomic E-state index is -0.322. The molecule has 3 N–H and O–H groups in total. The lowest BCUT2D eigenvalue weighted by molar-refractivity contribution is -0.113. The van der Waals surface area contributed by atoms with Gasteiger partial charge in [0.15, 0.2) is 10.8 Å². The fourth-order valence-corrected chi connectivity index (χ4v) is 3.08. The molecule has 0 saturated carbocycles. The van der Waals surface area contributed by atoms with Crippen LogP contribution in [-0.2, 0) is 17.8 Å². The molecule has 136 valence electrons. The van der Waals surface area contributed by atoms with E-state index in [1.54, 1.807) is 0 Å². The summed E-state index contributed by atoms with van der Waals surface area (Å²) in [5, 5.41) is 16.6. The van der Waals surface area contributed by atoms with E-state index in [9.17, 15) is 9.59 Å². The molecule has 0 aliphatic carbocycles. The Labute approximate surface area is 153 Å². The standard InChI is InChI=1S/C17H19N5O3S/c1-2-11-3-5-12(6-4-11)19-14(24)10-26-17-20-15-13(16(25)21-17)9-18-22(15)7-8-23/h3-6,9,23H,2,7-8,10H2,1H3,(H,19,24)(H,20,21,25). The number of aryl methyl sites for hydroxylation is 1. The Hall–Kier alpha value is -2.65. The highest BCUT2D eigenvalue weighted by atomic mass is 32.2. The third-order valence-electron chi connectivity index (χ3n) is 3.78. The molecule has 0 atom stereocenters. The van der Waals surface area contributed by atoms with E-state index in [0.717, 1.165) is 23.9 Å². The minimum Gasteiger partial charge on any atom is -0.394 e. The highest BCUT2D eigenvalue weighted by Gasteiger charge is 2.11. The van der Waals surface area contributed by atoms with Gasteiger partial charge in [0.25, 0.3) is 5.56 Å². The van der Waals surface area contributed by atoms with Crippen molar-refractivity contribution < 1.29 is 9.90 Å². The molecule has 0 aliphatic rings. The topological polar surface area (TPSA) is 113 Å². The van der Waals surface area contributed by atoms with Crippen LogP contribution < -0.4 is 10.9 Å². The van der Waals surface area contributed by atoms with Crippen molar-refractivity contribution in [2.45, 2.75) is 25.0 Å². The van der Waals surface area contributed by atoms with Gasteiger partial charge in [-0.1, -0.05) is 30.8 Å². The number of carbonyl (C=O) groups is 1. The third-order valence-corrected chi connectivity index (χ3v) is 4.66. The lowest BCUT2D eigenvalue weighted by atomic mass is 10.1. The minimum absolute atomic E-state index is 0.104. The van der Waals surface area contributed by atoms with Crippen LogP contribution in [0.1, 0.15) is 12.5 Å². The summed E-state index contributed by atoms with van der Waals surface area (Å²) in [6, 6.07) is 7.66. The molecule has 3 rings (SSSR count). The maximum atomic E-state index is 12.1. The number of hydrogen-bond acceptors (Lipinski definition) is 6. The molecule has 0 fully saturated rings. The zero-order valence-corrected chi connectivity index (χ0v) is 15.0. The molecule has 0 aliphatic heterocycles. The Bertz CT molecular complexity index is 965. The van der Waals surface area contributed by atoms with Crippen molar-refractivity contribution in [3.8, 4) is 0 Å². The lowest BCUT2D eigenvalue weighted by Gasteiger charge is -2.06. The van der Waals surface area contributed by atoms with Crippen LogP contribution in [0.15, 0.2) is 40.4 Å². The van der Waals surface area contributed by atoms with Gasteiger partial charge in [-0.05, 0) is 24.1 Å². The molecular weight excluding hydrogens is 354 g/mol. The third kappa shape index (κ3) is 4.12. The van der Waals surface area contributed by atoms with Crippen molar-refractivity contribution in [3.63, 3.8) is 0 Å². The summed E-state index contributed by atoms with van der Waals surface area (Å²) in [7, 11) is 0. The second-order valence-electron chi connectivity index (χ2n) is 5.59. The Morgan fingerprint density at radius 3 is 2.81 bits per heavy atom. The molecule has 2 heterocycles. The smallest absolute Gasteiger partial charge is 0.262 e. The monoisotopic (exact) mass is 373 g/mol. The van der Waals surface area contributed by atoms with Gasteiger partial charge in [0.05, 0.1) is 25.1 Å². The molecule has 0 bridgehead atoms. The first-order valence-electron chi connectivity index (χ1n) is 8.19. The van der Waals surface area contributed by atoms with Crippen LogP contribution in [0.25, 0.3) is 11.0 Å². The van der Waals surface area contributed by atoms with Gasteiger partial charge in [-0.15, -0.1) is 0 Å². The van der Waals surface area contributed by atoms with E-state index in [1.165, 1.54) is 16.4 Å². The maximum Gasteiger partial charge on any atom is 0.262 e. The fourth-order valence-electron chi connectivity index (χ4n) is 2.43. The van der Waals surface area contributed by atoms with Crippen molar-refractivity contribution in [2.75, 3.05) is 17.7 Å². The van der Waals surface area contributed by atoms with Gasteiger partial charge in [-0.2, -0.15) is 5.10 Å². The van der Waals surface area contributed by atoms with Crippen LogP contribution in [0.5, 0.6) is 0 Å². The Kier molecular flexibility index (Phi) is 5.69. The normalized spacial score (nSPS) is 11.0. The van der Waals surface area contributed by atoms with Crippen LogP contribution in [0, 0.1) is 0 Å². The predicted octanol–water partition coefficient (Wildman–Crippen LogP) is 1.41. The number of rotatable bonds is 7. The molecule has 0 saturated heterocycles. The molecule has 2 aromatic heterocycles. The summed E-state index contributed by atoms with van der Waals surface area (Å²) in [4.78, 5) is 31.2. The number of nitrogens with zero attached hydrogens (tertiary/aromatic N) is 3. The number of anilines is 1. The number of carbonyl (C=O) groups excluding carboxylic acids is 1. The van der Waals surface area contributed by atoms with Gasteiger partial charge >= 0.3 is 0 Å². The first kappa shape index (κ1) is 18.2. The van der Waals surface area contributed by atoms with E-state index < -0.39 is 0 Å². The summed E-state index contributed by atoms with van der Waals surface area (Å²) in [6.07, 6.45) is 2.36. The zero-order valence-electron chi connectivity index (χ0n) is 14.2. The molecular formula is C17H19N5O3S. The molecule has 0 radical (unpaired) electrons. The molecule has 26 heavy (non-hydrogen) atoms. The number of benzene rings is 1. The van der Waals surface area contributed by atoms with Crippen LogP contribution in [-0.4, -0.2) is 43.1 Å². The molecule has 0 spiro atoms. The second kappa shape index (κ2) is 8.15. The number of aromatic amines is 1. The fraction of sp³-hybridized carbons (Fsp3) is 0.294. The molecule has 1 amide bonds. The average molecular weight is 373 g/mol. The van der Waals surface area contributed by atoms with Crippen molar-refractivity contribution in [3.05, 3.63) is 46.4 Å². The first-order chi connectivity index (χ1) is 12.6. The van der Waals surface area contributed by atoms with E-state index >= 15 is 0 Å². The van der Waals surface area contributed by atoms with E-state index in [2.05, 4.69) is 27.3 Å². The van der Waals surface area contributed by atoms with E-state index in [0.29, 0.717) is 16.2 Å². The number of aliphatic hydroxyl groups excluding tert-OH is 1. The number of aromatic nitrogens is 4. The molecule has 8 nitrogen and oxygen atoms in total. The number of thioether (sulfide) groups is 1. The van der Waals surface area contributed by atoms with Gasteiger partial charge in [-0.25, -0.2) is 9.67 Å². The zero-order chi connectivity index (χ0) is 18.5. The summed E-state index contributed by atoms with van der Waals surface area (Å²) in [6.45, 7) is 2.21. The number of amides is 1. The van der Waals surface area contributed by atoms with Crippen LogP contribution >= 0.6 is 11.8 Å². The average Bonchev–Trinajstić information content (AvgIpc) is 3.04. The lowest BCUT2D eigenvalue weighted by Crippen LogP contribution is -2.16. The molecule has 9 heteroatoms. The van der Waals surface area contributed by atoms with E-state index in [4.69, 9.17) is 5.11 Å². The van der Waals surface area contributed by atoms with Crippen molar-refractivity contribution in [2.24, 2.45) is 0 Å². The Morgan fingerprint density at radius 2 is 2.12 bits per heavy atom. The summed E-state index contributed by atoms with van der Waals surface area (Å²) in [5.74, 6) is -0.0798. The van der Waals surface area contributed by atoms with Crippen LogP contribution in [0.3, 0.4) is 0 Å². The van der Waals surface area contributed by atoms with Gasteiger partial charge in [0.2, 0.25) is 5.91 Å². The predicted molar refractivity (Wildman–Crippen MR) is 100 cm³/mol. The first-order valence-corrected chi connectivity index (χ1v) is 9.17. The highest BCUT2D eigenvalue weighted by molar-refractivity contribution is 7.99. The number of hydrogen-bond donors (Lipinski definition) is 3. The summed E-state index contributed by atoms with van der Waals surface area (Å²) in [5.41, 5.74) is 2.00. The quantitative estimate of drug-likeness (QED) is 0.426. The number of H-pyrrole nitrogens is 1. The molecule has 3 aromatic rings. The number of aliphatic hydroxyl groups is 1. The largest absolute Gasteiger partial charge is 0.394 e. The maximum absolute atomic E-state index is 12.1. The van der Waals surface area contributed by atoms with Gasteiger partial charge in [-0.3, -0.25) is 9.59 Å². The van der Waals surface area contributed by atoms with Crippen LogP contribution in [0.4, 0.5) is 5.69 Å². The molecule has 1 aromatic carbocycles. The molecule has 0 unspecified atom stereocenters. The highest BCUT2D eigenvalue weighted by Crippen LogP contribution is 2.16. The van der Waals surface area contributed by atoms with Crippen LogP contribution in [0.2, 0.25) is 0 Å². The SMILES string of the molecule is CCc1ccc(NC(=O)CSc2nc3c(cnn3CCO)c(=O)[nH]2)cc1. The van der Waals surface area contributed by atoms with E-state index in [1.807, 2.05) is 24.3 Å². The van der Waals surface area contributed by atoms with Gasteiger partial charge in [0, 0.05) is 5.69 Å². The van der Waals surface area contributed by atoms with Crippen molar-refractivity contribution in [1.82, 2.24) is 19.7 Å². The van der Waals surface area contributed by atoms with E-state index in [-0.39, 0.29) is 30.4 Å². The number of nitrogens with one attached hydrogen (secondary N) is 2. The van der Waals surface area contributed by atoms with Crippen molar-refractivity contribution >= 4 is 34.4 Å². The summed E-state index contributed by atoms with van der Waals surface area (Å²) < 4.78 is 1.46. The second-order valence-corrected chi connectivity index (χ2v) is 6.55. The Balaban J connectivity index is 1.67.